The van der Waals surface area contributed by atoms with Gasteiger partial charge in [0.15, 0.2) is 0 Å². The summed E-state index contributed by atoms with van der Waals surface area (Å²) >= 11 is 0. The molecular weight excluding hydrogens is 232 g/mol. The number of hydrogen-bond donors (Lipinski definition) is 2. The summed E-state index contributed by atoms with van der Waals surface area (Å²) in [5.74, 6) is 0.886. The van der Waals surface area contributed by atoms with E-state index >= 15 is 0 Å². The number of rotatable bonds is 10. The van der Waals surface area contributed by atoms with Crippen molar-refractivity contribution in [2.75, 3.05) is 20.1 Å². The Bertz CT molecular complexity index is 209. The second-order valence-corrected chi connectivity index (χ2v) is 6.46. The highest BCUT2D eigenvalue weighted by atomic mass is 15.0. The molecular formula is C17H36N2. The van der Waals surface area contributed by atoms with E-state index in [0.29, 0.717) is 5.54 Å². The van der Waals surface area contributed by atoms with Crippen molar-refractivity contribution in [3.8, 4) is 0 Å². The molecule has 0 radical (unpaired) electrons. The first-order chi connectivity index (χ1) is 9.26. The van der Waals surface area contributed by atoms with Crippen LogP contribution in [0.4, 0.5) is 0 Å². The van der Waals surface area contributed by atoms with Gasteiger partial charge in [0.1, 0.15) is 0 Å². The third kappa shape index (κ3) is 6.27. The first-order valence-electron chi connectivity index (χ1n) is 8.66. The Kier molecular flexibility index (Phi) is 8.72. The fourth-order valence-electron chi connectivity index (χ4n) is 3.43. The molecule has 1 fully saturated rings. The summed E-state index contributed by atoms with van der Waals surface area (Å²) in [6.07, 6.45) is 13.8. The van der Waals surface area contributed by atoms with E-state index < -0.39 is 0 Å². The summed E-state index contributed by atoms with van der Waals surface area (Å²) < 4.78 is 0. The minimum absolute atomic E-state index is 0.441. The van der Waals surface area contributed by atoms with Gasteiger partial charge in [0, 0.05) is 5.54 Å². The summed E-state index contributed by atoms with van der Waals surface area (Å²) in [5, 5.41) is 7.33. The second kappa shape index (κ2) is 9.77. The number of nitrogens with one attached hydrogen (secondary N) is 2. The van der Waals surface area contributed by atoms with Crippen molar-refractivity contribution in [1.82, 2.24) is 10.6 Å². The molecule has 0 aromatic carbocycles. The maximum atomic E-state index is 3.71. The number of hydrogen-bond acceptors (Lipinski definition) is 2. The lowest BCUT2D eigenvalue weighted by atomic mass is 9.79. The van der Waals surface area contributed by atoms with E-state index in [0.717, 1.165) is 5.92 Å². The van der Waals surface area contributed by atoms with Gasteiger partial charge in [-0.3, -0.25) is 0 Å². The SMILES string of the molecule is CCCCC(CC)CNCCC1(NC)CCCCC1. The van der Waals surface area contributed by atoms with Crippen LogP contribution in [0.15, 0.2) is 0 Å². The smallest absolute Gasteiger partial charge is 0.0190 e. The Balaban J connectivity index is 2.17. The Morgan fingerprint density at radius 1 is 1.11 bits per heavy atom. The molecule has 0 heterocycles. The predicted octanol–water partition coefficient (Wildman–Crippen LogP) is 4.10. The van der Waals surface area contributed by atoms with Gasteiger partial charge < -0.3 is 10.6 Å². The largest absolute Gasteiger partial charge is 0.316 e. The van der Waals surface area contributed by atoms with E-state index in [1.54, 1.807) is 0 Å². The quantitative estimate of drug-likeness (QED) is 0.583. The van der Waals surface area contributed by atoms with Crippen LogP contribution in [0.2, 0.25) is 0 Å². The van der Waals surface area contributed by atoms with E-state index in [4.69, 9.17) is 0 Å². The lowest BCUT2D eigenvalue weighted by Gasteiger charge is -2.37. The van der Waals surface area contributed by atoms with E-state index in [1.807, 2.05) is 0 Å². The van der Waals surface area contributed by atoms with Crippen LogP contribution in [0.5, 0.6) is 0 Å². The molecule has 0 aromatic heterocycles. The zero-order valence-corrected chi connectivity index (χ0v) is 13.6. The minimum Gasteiger partial charge on any atom is -0.316 e. The second-order valence-electron chi connectivity index (χ2n) is 6.46. The van der Waals surface area contributed by atoms with Crippen molar-refractivity contribution in [3.05, 3.63) is 0 Å². The van der Waals surface area contributed by atoms with E-state index in [2.05, 4.69) is 31.5 Å². The summed E-state index contributed by atoms with van der Waals surface area (Å²) in [6, 6.07) is 0. The number of unbranched alkanes of at least 4 members (excludes halogenated alkanes) is 1. The first-order valence-corrected chi connectivity index (χ1v) is 8.66. The van der Waals surface area contributed by atoms with Gasteiger partial charge >= 0.3 is 0 Å². The van der Waals surface area contributed by atoms with Gasteiger partial charge in [0.05, 0.1) is 0 Å². The van der Waals surface area contributed by atoms with Crippen molar-refractivity contribution in [2.45, 2.75) is 83.6 Å². The molecule has 114 valence electrons. The third-order valence-electron chi connectivity index (χ3n) is 5.10. The van der Waals surface area contributed by atoms with Crippen LogP contribution < -0.4 is 10.6 Å². The lowest BCUT2D eigenvalue weighted by Crippen LogP contribution is -2.46. The van der Waals surface area contributed by atoms with Crippen molar-refractivity contribution in [1.29, 1.82) is 0 Å². The molecule has 1 saturated carbocycles. The van der Waals surface area contributed by atoms with Crippen LogP contribution in [0.3, 0.4) is 0 Å². The molecule has 2 nitrogen and oxygen atoms in total. The van der Waals surface area contributed by atoms with Gasteiger partial charge in [-0.1, -0.05) is 52.4 Å². The van der Waals surface area contributed by atoms with Crippen molar-refractivity contribution in [2.24, 2.45) is 5.92 Å². The summed E-state index contributed by atoms with van der Waals surface area (Å²) in [7, 11) is 2.15. The molecule has 0 amide bonds. The maximum absolute atomic E-state index is 3.71. The zero-order chi connectivity index (χ0) is 14.0. The molecule has 0 aromatic rings. The van der Waals surface area contributed by atoms with Gasteiger partial charge in [-0.15, -0.1) is 0 Å². The predicted molar refractivity (Wildman–Crippen MR) is 85.7 cm³/mol. The molecule has 0 aliphatic heterocycles. The normalized spacial score (nSPS) is 20.4. The molecule has 1 atom stereocenters. The Hall–Kier alpha value is -0.0800. The highest BCUT2D eigenvalue weighted by molar-refractivity contribution is 4.90. The van der Waals surface area contributed by atoms with Crippen LogP contribution in [0.1, 0.15) is 78.1 Å². The average molecular weight is 268 g/mol. The minimum atomic E-state index is 0.441. The highest BCUT2D eigenvalue weighted by Gasteiger charge is 2.29. The van der Waals surface area contributed by atoms with E-state index in [1.165, 1.54) is 77.3 Å². The molecule has 0 saturated heterocycles. The van der Waals surface area contributed by atoms with Gasteiger partial charge in [-0.05, 0) is 51.7 Å². The van der Waals surface area contributed by atoms with Crippen LogP contribution in [-0.2, 0) is 0 Å². The van der Waals surface area contributed by atoms with Gasteiger partial charge in [0.2, 0.25) is 0 Å². The van der Waals surface area contributed by atoms with Gasteiger partial charge in [-0.25, -0.2) is 0 Å². The van der Waals surface area contributed by atoms with Crippen LogP contribution in [-0.4, -0.2) is 25.7 Å². The van der Waals surface area contributed by atoms with E-state index in [9.17, 15) is 0 Å². The summed E-state index contributed by atoms with van der Waals surface area (Å²) in [6.45, 7) is 7.03. The summed E-state index contributed by atoms with van der Waals surface area (Å²) in [4.78, 5) is 0. The topological polar surface area (TPSA) is 24.1 Å². The fraction of sp³-hybridized carbons (Fsp3) is 1.00. The fourth-order valence-corrected chi connectivity index (χ4v) is 3.43. The summed E-state index contributed by atoms with van der Waals surface area (Å²) in [5.41, 5.74) is 0.441. The monoisotopic (exact) mass is 268 g/mol. The first kappa shape index (κ1) is 17.0. The lowest BCUT2D eigenvalue weighted by molar-refractivity contribution is 0.226. The van der Waals surface area contributed by atoms with Crippen molar-refractivity contribution in [3.63, 3.8) is 0 Å². The van der Waals surface area contributed by atoms with Gasteiger partial charge in [0.25, 0.3) is 0 Å². The van der Waals surface area contributed by atoms with E-state index in [-0.39, 0.29) is 0 Å². The maximum Gasteiger partial charge on any atom is 0.0190 e. The molecule has 2 N–H and O–H groups in total. The Morgan fingerprint density at radius 2 is 1.84 bits per heavy atom. The standard InChI is InChI=1S/C17H36N2/c1-4-6-10-16(5-2)15-19-14-13-17(18-3)11-8-7-9-12-17/h16,18-19H,4-15H2,1-3H3. The molecule has 1 rings (SSSR count). The van der Waals surface area contributed by atoms with Crippen LogP contribution in [0.25, 0.3) is 0 Å². The van der Waals surface area contributed by atoms with Crippen molar-refractivity contribution >= 4 is 0 Å². The Labute approximate surface area is 121 Å². The molecule has 19 heavy (non-hydrogen) atoms. The molecule has 1 unspecified atom stereocenters. The molecule has 1 aliphatic carbocycles. The average Bonchev–Trinajstić information content (AvgIpc) is 2.47. The van der Waals surface area contributed by atoms with Crippen LogP contribution in [0, 0.1) is 5.92 Å². The van der Waals surface area contributed by atoms with Crippen LogP contribution >= 0.6 is 0 Å². The third-order valence-corrected chi connectivity index (χ3v) is 5.10. The molecule has 1 aliphatic rings. The highest BCUT2D eigenvalue weighted by Crippen LogP contribution is 2.30. The molecule has 2 heteroatoms. The molecule has 0 spiro atoms. The van der Waals surface area contributed by atoms with Gasteiger partial charge in [-0.2, -0.15) is 0 Å². The van der Waals surface area contributed by atoms with Crippen molar-refractivity contribution < 1.29 is 0 Å². The zero-order valence-electron chi connectivity index (χ0n) is 13.6. The molecule has 0 bridgehead atoms. The Morgan fingerprint density at radius 3 is 2.42 bits per heavy atom.